The van der Waals surface area contributed by atoms with E-state index in [9.17, 15) is 14.4 Å². The molecular formula is C35H44N6O4S2. The van der Waals surface area contributed by atoms with Gasteiger partial charge in [0.2, 0.25) is 5.91 Å². The molecular weight excluding hydrogens is 633 g/mol. The summed E-state index contributed by atoms with van der Waals surface area (Å²) in [6.07, 6.45) is 3.87. The number of carbonyl (C=O) groups is 3. The number of nitrogens with one attached hydrogen (secondary N) is 3. The Hall–Kier alpha value is -4.29. The van der Waals surface area contributed by atoms with Crippen LogP contribution in [0.15, 0.2) is 77.8 Å². The molecule has 0 radical (unpaired) electrons. The van der Waals surface area contributed by atoms with Crippen molar-refractivity contribution in [2.45, 2.75) is 77.1 Å². The molecule has 12 heteroatoms. The molecule has 0 bridgehead atoms. The van der Waals surface area contributed by atoms with Crippen molar-refractivity contribution in [2.24, 2.45) is 0 Å². The highest BCUT2D eigenvalue weighted by Crippen LogP contribution is 2.20. The maximum absolute atomic E-state index is 13.1. The average Bonchev–Trinajstić information content (AvgIpc) is 3.76. The third kappa shape index (κ3) is 12.8. The highest BCUT2D eigenvalue weighted by atomic mass is 32.1. The molecule has 2 unspecified atom stereocenters. The van der Waals surface area contributed by atoms with Crippen molar-refractivity contribution in [3.05, 3.63) is 104 Å². The Morgan fingerprint density at radius 1 is 0.894 bits per heavy atom. The second kappa shape index (κ2) is 18.8. The number of hydrogen-bond acceptors (Lipinski definition) is 8. The molecule has 0 aliphatic rings. The summed E-state index contributed by atoms with van der Waals surface area (Å²) in [6, 6.07) is 19.4. The molecule has 0 saturated carbocycles. The van der Waals surface area contributed by atoms with Crippen LogP contribution in [-0.4, -0.2) is 58.6 Å². The van der Waals surface area contributed by atoms with E-state index in [1.54, 1.807) is 35.0 Å². The fourth-order valence-electron chi connectivity index (χ4n) is 5.00. The summed E-state index contributed by atoms with van der Waals surface area (Å²) in [5, 5.41) is 12.1. The molecule has 0 saturated heterocycles. The second-order valence-electron chi connectivity index (χ2n) is 11.8. The highest BCUT2D eigenvalue weighted by molar-refractivity contribution is 7.09. The number of ether oxygens (including phenoxy) is 1. The molecule has 0 aliphatic carbocycles. The van der Waals surface area contributed by atoms with Crippen molar-refractivity contribution < 1.29 is 19.1 Å². The van der Waals surface area contributed by atoms with Gasteiger partial charge in [-0.15, -0.1) is 22.7 Å². The minimum absolute atomic E-state index is 0.147. The maximum Gasteiger partial charge on any atom is 0.407 e. The summed E-state index contributed by atoms with van der Waals surface area (Å²) in [6.45, 7) is 4.97. The molecule has 4 amide bonds. The lowest BCUT2D eigenvalue weighted by Crippen LogP contribution is -2.42. The summed E-state index contributed by atoms with van der Waals surface area (Å²) in [4.78, 5) is 49.6. The van der Waals surface area contributed by atoms with Gasteiger partial charge in [0.15, 0.2) is 0 Å². The monoisotopic (exact) mass is 676 g/mol. The van der Waals surface area contributed by atoms with Gasteiger partial charge in [0.1, 0.15) is 6.61 Å². The van der Waals surface area contributed by atoms with Crippen LogP contribution in [0.5, 0.6) is 0 Å². The Kier molecular flexibility index (Phi) is 14.2. The molecule has 250 valence electrons. The lowest BCUT2D eigenvalue weighted by Gasteiger charge is -2.24. The molecule has 4 aromatic rings. The number of carbonyl (C=O) groups excluding carboxylic acids is 3. The van der Waals surface area contributed by atoms with Crippen molar-refractivity contribution in [1.29, 1.82) is 0 Å². The zero-order valence-corrected chi connectivity index (χ0v) is 28.8. The predicted octanol–water partition coefficient (Wildman–Crippen LogP) is 6.30. The summed E-state index contributed by atoms with van der Waals surface area (Å²) >= 11 is 3.03. The number of amides is 4. The third-order valence-electron chi connectivity index (χ3n) is 7.47. The largest absolute Gasteiger partial charge is 0.444 e. The van der Waals surface area contributed by atoms with Gasteiger partial charge in [-0.1, -0.05) is 74.5 Å². The van der Waals surface area contributed by atoms with E-state index in [1.807, 2.05) is 66.0 Å². The molecule has 0 fully saturated rings. The topological polar surface area (TPSA) is 126 Å². The van der Waals surface area contributed by atoms with Gasteiger partial charge in [-0.2, -0.15) is 0 Å². The van der Waals surface area contributed by atoms with Crippen LogP contribution in [-0.2, 0) is 35.5 Å². The van der Waals surface area contributed by atoms with Crippen LogP contribution >= 0.6 is 22.7 Å². The normalized spacial score (nSPS) is 12.3. The van der Waals surface area contributed by atoms with Crippen LogP contribution in [0.1, 0.15) is 65.7 Å². The minimum atomic E-state index is -0.487. The molecule has 47 heavy (non-hydrogen) atoms. The smallest absolute Gasteiger partial charge is 0.407 e. The fraction of sp³-hybridized carbons (Fsp3) is 0.400. The highest BCUT2D eigenvalue weighted by Gasteiger charge is 2.20. The SMILES string of the molecule is CC(C)c1nc(CN(C)C(=O)NCCC(=O)NC(CCC(Cc2ccccc2)NC(=O)OCc2cncs2)Cc2ccccc2)cs1. The first-order valence-electron chi connectivity index (χ1n) is 15.9. The fourth-order valence-corrected chi connectivity index (χ4v) is 6.33. The molecule has 3 N–H and O–H groups in total. The van der Waals surface area contributed by atoms with Crippen molar-refractivity contribution in [3.63, 3.8) is 0 Å². The Labute approximate surface area is 285 Å². The van der Waals surface area contributed by atoms with Crippen molar-refractivity contribution in [3.8, 4) is 0 Å². The number of nitrogens with zero attached hydrogens (tertiary/aromatic N) is 3. The van der Waals surface area contributed by atoms with Crippen LogP contribution < -0.4 is 16.0 Å². The van der Waals surface area contributed by atoms with E-state index < -0.39 is 6.09 Å². The van der Waals surface area contributed by atoms with Crippen LogP contribution in [0, 0.1) is 0 Å². The van der Waals surface area contributed by atoms with Crippen LogP contribution in [0.2, 0.25) is 0 Å². The molecule has 4 rings (SSSR count). The Morgan fingerprint density at radius 3 is 2.11 bits per heavy atom. The summed E-state index contributed by atoms with van der Waals surface area (Å²) in [5.74, 6) is 0.200. The quantitative estimate of drug-likeness (QED) is 0.121. The van der Waals surface area contributed by atoms with Crippen LogP contribution in [0.3, 0.4) is 0 Å². The maximum atomic E-state index is 13.1. The van der Waals surface area contributed by atoms with Crippen LogP contribution in [0.25, 0.3) is 0 Å². The number of aromatic nitrogens is 2. The molecule has 0 spiro atoms. The van der Waals surface area contributed by atoms with Gasteiger partial charge >= 0.3 is 12.1 Å². The lowest BCUT2D eigenvalue weighted by atomic mass is 9.96. The van der Waals surface area contributed by atoms with Gasteiger partial charge < -0.3 is 25.6 Å². The van der Waals surface area contributed by atoms with Crippen molar-refractivity contribution in [2.75, 3.05) is 13.6 Å². The molecule has 2 heterocycles. The summed E-state index contributed by atoms with van der Waals surface area (Å²) < 4.78 is 5.46. The van der Waals surface area contributed by atoms with Gasteiger partial charge in [-0.25, -0.2) is 14.6 Å². The van der Waals surface area contributed by atoms with E-state index in [0.29, 0.717) is 38.1 Å². The first-order valence-corrected chi connectivity index (χ1v) is 17.6. The number of thiazole rings is 2. The molecule has 2 aromatic carbocycles. The van der Waals surface area contributed by atoms with E-state index in [4.69, 9.17) is 4.74 Å². The Morgan fingerprint density at radius 2 is 1.53 bits per heavy atom. The zero-order chi connectivity index (χ0) is 33.4. The first-order chi connectivity index (χ1) is 22.7. The zero-order valence-electron chi connectivity index (χ0n) is 27.2. The van der Waals surface area contributed by atoms with Crippen molar-refractivity contribution >= 4 is 40.7 Å². The standard InChI is InChI=1S/C35H44N6O4S2/c1-25(2)33-39-30(23-46-33)21-41(3)34(43)37-17-16-32(42)38-28(18-26-10-6-4-7-11-26)14-15-29(19-27-12-8-5-9-13-27)40-35(44)45-22-31-20-36-24-47-31/h4-13,20,23-25,28-29H,14-19,21-22H2,1-3H3,(H,37,43)(H,38,42)(H,40,44). The molecule has 2 atom stereocenters. The van der Waals surface area contributed by atoms with E-state index in [0.717, 1.165) is 26.7 Å². The molecule has 0 aliphatic heterocycles. The van der Waals surface area contributed by atoms with E-state index >= 15 is 0 Å². The number of hydrogen-bond donors (Lipinski definition) is 3. The van der Waals surface area contributed by atoms with E-state index in [2.05, 4.69) is 39.8 Å². The van der Waals surface area contributed by atoms with Crippen molar-refractivity contribution in [1.82, 2.24) is 30.8 Å². The number of alkyl carbamates (subject to hydrolysis) is 1. The molecule has 2 aromatic heterocycles. The van der Waals surface area contributed by atoms with Gasteiger partial charge in [-0.05, 0) is 36.8 Å². The minimum Gasteiger partial charge on any atom is -0.444 e. The van der Waals surface area contributed by atoms with Gasteiger partial charge in [0.25, 0.3) is 0 Å². The Bertz CT molecular complexity index is 1520. The lowest BCUT2D eigenvalue weighted by molar-refractivity contribution is -0.121. The Balaban J connectivity index is 1.31. The van der Waals surface area contributed by atoms with Gasteiger partial charge in [0.05, 0.1) is 27.6 Å². The summed E-state index contributed by atoms with van der Waals surface area (Å²) in [5.41, 5.74) is 4.76. The average molecular weight is 677 g/mol. The van der Waals surface area contributed by atoms with Crippen LogP contribution in [0.4, 0.5) is 9.59 Å². The molecule has 10 nitrogen and oxygen atoms in total. The number of rotatable bonds is 17. The van der Waals surface area contributed by atoms with Gasteiger partial charge in [-0.3, -0.25) is 9.78 Å². The van der Waals surface area contributed by atoms with E-state index in [-0.39, 0.29) is 43.6 Å². The van der Waals surface area contributed by atoms with Gasteiger partial charge in [0, 0.05) is 49.6 Å². The predicted molar refractivity (Wildman–Crippen MR) is 186 cm³/mol. The number of benzene rings is 2. The first kappa shape index (κ1) is 35.6. The third-order valence-corrected chi connectivity index (χ3v) is 9.41. The summed E-state index contributed by atoms with van der Waals surface area (Å²) in [7, 11) is 1.72. The van der Waals surface area contributed by atoms with E-state index in [1.165, 1.54) is 11.3 Å². The second-order valence-corrected chi connectivity index (χ2v) is 13.6. The number of urea groups is 1.